The smallest absolute Gasteiger partial charge is 0.261 e. The third-order valence-corrected chi connectivity index (χ3v) is 6.78. The van der Waals surface area contributed by atoms with Crippen LogP contribution < -0.4 is 10.1 Å². The lowest BCUT2D eigenvalue weighted by Crippen LogP contribution is -2.53. The summed E-state index contributed by atoms with van der Waals surface area (Å²) in [6.45, 7) is 3.87. The Bertz CT molecular complexity index is 1180. The van der Waals surface area contributed by atoms with Crippen molar-refractivity contribution < 1.29 is 14.3 Å². The van der Waals surface area contributed by atoms with Crippen molar-refractivity contribution in [3.63, 3.8) is 0 Å². The molecule has 0 radical (unpaired) electrons. The molecule has 0 unspecified atom stereocenters. The topological polar surface area (TPSA) is 58.6 Å². The first-order chi connectivity index (χ1) is 17.3. The van der Waals surface area contributed by atoms with Gasteiger partial charge < -0.3 is 15.0 Å². The van der Waals surface area contributed by atoms with Gasteiger partial charge in [0, 0.05) is 28.5 Å². The third kappa shape index (κ3) is 8.26. The van der Waals surface area contributed by atoms with E-state index in [2.05, 4.69) is 21.2 Å². The molecule has 190 valence electrons. The maximum Gasteiger partial charge on any atom is 0.261 e. The van der Waals surface area contributed by atoms with E-state index in [-0.39, 0.29) is 31.0 Å². The molecule has 1 N–H and O–H groups in total. The van der Waals surface area contributed by atoms with Crippen LogP contribution in [0.15, 0.2) is 77.3 Å². The Morgan fingerprint density at radius 2 is 1.72 bits per heavy atom. The van der Waals surface area contributed by atoms with Gasteiger partial charge in [0.05, 0.1) is 5.02 Å². The van der Waals surface area contributed by atoms with Crippen molar-refractivity contribution in [2.75, 3.05) is 6.61 Å². The normalized spacial score (nSPS) is 12.5. The van der Waals surface area contributed by atoms with Crippen LogP contribution in [0.5, 0.6) is 5.75 Å². The Balaban J connectivity index is 1.92. The van der Waals surface area contributed by atoms with Crippen molar-refractivity contribution >= 4 is 50.9 Å². The second-order valence-corrected chi connectivity index (χ2v) is 10.3. The van der Waals surface area contributed by atoms with Gasteiger partial charge in [-0.3, -0.25) is 9.59 Å². The fourth-order valence-electron chi connectivity index (χ4n) is 3.64. The molecule has 2 amide bonds. The molecule has 3 aromatic rings. The predicted molar refractivity (Wildman–Crippen MR) is 148 cm³/mol. The number of amides is 2. The van der Waals surface area contributed by atoms with Gasteiger partial charge in [-0.25, -0.2) is 0 Å². The van der Waals surface area contributed by atoms with Crippen LogP contribution in [0.4, 0.5) is 0 Å². The van der Waals surface area contributed by atoms with Crippen LogP contribution in [-0.4, -0.2) is 35.4 Å². The quantitative estimate of drug-likeness (QED) is 0.270. The number of nitrogens with one attached hydrogen (secondary N) is 1. The van der Waals surface area contributed by atoms with Crippen LogP contribution >= 0.6 is 39.1 Å². The van der Waals surface area contributed by atoms with E-state index in [0.29, 0.717) is 22.2 Å². The molecule has 0 bridgehead atoms. The number of ether oxygens (including phenoxy) is 1. The van der Waals surface area contributed by atoms with Crippen molar-refractivity contribution in [1.29, 1.82) is 0 Å². The average Bonchev–Trinajstić information content (AvgIpc) is 2.86. The molecule has 8 heteroatoms. The first-order valence-corrected chi connectivity index (χ1v) is 13.3. The minimum atomic E-state index is -0.753. The highest BCUT2D eigenvalue weighted by Gasteiger charge is 2.31. The molecule has 5 nitrogen and oxygen atoms in total. The van der Waals surface area contributed by atoms with Gasteiger partial charge in [0.2, 0.25) is 5.91 Å². The SMILES string of the molecule is CC[C@@H](C)NC(=O)[C@@H](Cc1ccccc1)N(Cc1cccc(Cl)c1)C(=O)COc1ccc(Br)cc1Cl. The highest BCUT2D eigenvalue weighted by molar-refractivity contribution is 9.10. The zero-order valence-corrected chi connectivity index (χ0v) is 23.3. The molecule has 36 heavy (non-hydrogen) atoms. The molecule has 0 fully saturated rings. The molecule has 0 heterocycles. The van der Waals surface area contributed by atoms with Crippen LogP contribution in [-0.2, 0) is 22.6 Å². The number of nitrogens with zero attached hydrogens (tertiary/aromatic N) is 1. The summed E-state index contributed by atoms with van der Waals surface area (Å²) < 4.78 is 6.58. The molecule has 0 aliphatic carbocycles. The third-order valence-electron chi connectivity index (χ3n) is 5.76. The summed E-state index contributed by atoms with van der Waals surface area (Å²) >= 11 is 15.9. The monoisotopic (exact) mass is 590 g/mol. The zero-order chi connectivity index (χ0) is 26.1. The summed E-state index contributed by atoms with van der Waals surface area (Å²) in [5, 5.41) is 3.99. The van der Waals surface area contributed by atoms with Crippen LogP contribution in [0.3, 0.4) is 0 Å². The number of halogens is 3. The minimum Gasteiger partial charge on any atom is -0.482 e. The fraction of sp³-hybridized carbons (Fsp3) is 0.286. The molecule has 0 aliphatic rings. The number of benzene rings is 3. The molecule has 2 atom stereocenters. The lowest BCUT2D eigenvalue weighted by molar-refractivity contribution is -0.143. The molecule has 3 aromatic carbocycles. The van der Waals surface area contributed by atoms with Gasteiger partial charge in [0.1, 0.15) is 11.8 Å². The van der Waals surface area contributed by atoms with Crippen LogP contribution in [0.25, 0.3) is 0 Å². The van der Waals surface area contributed by atoms with E-state index < -0.39 is 6.04 Å². The molecule has 0 saturated heterocycles. The molecule has 0 aliphatic heterocycles. The predicted octanol–water partition coefficient (Wildman–Crippen LogP) is 6.69. The maximum absolute atomic E-state index is 13.6. The van der Waals surface area contributed by atoms with E-state index in [0.717, 1.165) is 22.0 Å². The largest absolute Gasteiger partial charge is 0.482 e. The number of carbonyl (C=O) groups excluding carboxylic acids is 2. The van der Waals surface area contributed by atoms with Crippen molar-refractivity contribution in [3.8, 4) is 5.75 Å². The van der Waals surface area contributed by atoms with E-state index >= 15 is 0 Å². The number of carbonyl (C=O) groups is 2. The van der Waals surface area contributed by atoms with Crippen LogP contribution in [0, 0.1) is 0 Å². The van der Waals surface area contributed by atoms with Crippen LogP contribution in [0.2, 0.25) is 10.0 Å². The van der Waals surface area contributed by atoms with Crippen molar-refractivity contribution in [1.82, 2.24) is 10.2 Å². The Morgan fingerprint density at radius 3 is 2.39 bits per heavy atom. The van der Waals surface area contributed by atoms with Gasteiger partial charge in [-0.05, 0) is 54.8 Å². The first-order valence-electron chi connectivity index (χ1n) is 11.7. The fourth-order valence-corrected chi connectivity index (χ4v) is 4.58. The molecular formula is C28H29BrCl2N2O3. The lowest BCUT2D eigenvalue weighted by Gasteiger charge is -2.32. The van der Waals surface area contributed by atoms with Crippen molar-refractivity contribution in [3.05, 3.63) is 98.4 Å². The average molecular weight is 592 g/mol. The molecule has 0 spiro atoms. The Hall–Kier alpha value is -2.54. The Morgan fingerprint density at radius 1 is 1.00 bits per heavy atom. The van der Waals surface area contributed by atoms with E-state index in [1.54, 1.807) is 35.2 Å². The summed E-state index contributed by atoms with van der Waals surface area (Å²) in [6.07, 6.45) is 1.13. The summed E-state index contributed by atoms with van der Waals surface area (Å²) in [6, 6.07) is 21.3. The first kappa shape index (κ1) is 28.0. The Kier molecular flexibility index (Phi) is 10.7. The molecule has 0 saturated carbocycles. The number of hydrogen-bond acceptors (Lipinski definition) is 3. The second kappa shape index (κ2) is 13.7. The maximum atomic E-state index is 13.6. The van der Waals surface area contributed by atoms with Crippen molar-refractivity contribution in [2.45, 2.75) is 45.3 Å². The van der Waals surface area contributed by atoms with E-state index in [1.165, 1.54) is 0 Å². The van der Waals surface area contributed by atoms with Crippen molar-refractivity contribution in [2.24, 2.45) is 0 Å². The van der Waals surface area contributed by atoms with Crippen LogP contribution in [0.1, 0.15) is 31.4 Å². The van der Waals surface area contributed by atoms with Gasteiger partial charge in [-0.15, -0.1) is 0 Å². The van der Waals surface area contributed by atoms with Gasteiger partial charge >= 0.3 is 0 Å². The summed E-state index contributed by atoms with van der Waals surface area (Å²) in [7, 11) is 0. The number of hydrogen-bond donors (Lipinski definition) is 1. The van der Waals surface area contributed by atoms with Gasteiger partial charge in [0.15, 0.2) is 6.61 Å². The molecule has 0 aromatic heterocycles. The number of rotatable bonds is 11. The van der Waals surface area contributed by atoms with E-state index in [4.69, 9.17) is 27.9 Å². The second-order valence-electron chi connectivity index (χ2n) is 8.54. The Labute approximate surface area is 230 Å². The highest BCUT2D eigenvalue weighted by atomic mass is 79.9. The molecular weight excluding hydrogens is 563 g/mol. The molecule has 3 rings (SSSR count). The van der Waals surface area contributed by atoms with E-state index in [1.807, 2.05) is 56.3 Å². The summed E-state index contributed by atoms with van der Waals surface area (Å²) in [4.78, 5) is 28.7. The van der Waals surface area contributed by atoms with Gasteiger partial charge in [-0.2, -0.15) is 0 Å². The van der Waals surface area contributed by atoms with Gasteiger partial charge in [0.25, 0.3) is 5.91 Å². The lowest BCUT2D eigenvalue weighted by atomic mass is 10.0. The standard InChI is InChI=1S/C28H29BrCl2N2O3/c1-3-19(2)32-28(35)25(15-20-8-5-4-6-9-20)33(17-21-10-7-11-23(30)14-21)27(34)18-36-26-13-12-22(29)16-24(26)31/h4-14,16,19,25H,3,15,17-18H2,1-2H3,(H,32,35)/t19-,25-/m1/s1. The zero-order valence-electron chi connectivity index (χ0n) is 20.2. The van der Waals surface area contributed by atoms with Gasteiger partial charge in [-0.1, -0.05) is 88.5 Å². The highest BCUT2D eigenvalue weighted by Crippen LogP contribution is 2.28. The van der Waals surface area contributed by atoms with E-state index in [9.17, 15) is 9.59 Å². The summed E-state index contributed by atoms with van der Waals surface area (Å²) in [5.74, 6) is -0.168. The summed E-state index contributed by atoms with van der Waals surface area (Å²) in [5.41, 5.74) is 1.76. The minimum absolute atomic E-state index is 0.0308.